The van der Waals surface area contributed by atoms with Gasteiger partial charge >= 0.3 is 0 Å². The fourth-order valence-electron chi connectivity index (χ4n) is 3.64. The minimum absolute atomic E-state index is 0.453. The van der Waals surface area contributed by atoms with E-state index in [9.17, 15) is 0 Å². The second-order valence-electron chi connectivity index (χ2n) is 8.70. The van der Waals surface area contributed by atoms with E-state index in [1.807, 2.05) is 0 Å². The fourth-order valence-corrected chi connectivity index (χ4v) is 4.82. The van der Waals surface area contributed by atoms with Gasteiger partial charge in [-0.15, -0.1) is 0 Å². The highest BCUT2D eigenvalue weighted by molar-refractivity contribution is 6.69. The molecule has 1 saturated carbocycles. The third kappa shape index (κ3) is 7.85. The molecule has 1 aliphatic rings. The summed E-state index contributed by atoms with van der Waals surface area (Å²) >= 11 is 0. The number of allylic oxidation sites excluding steroid dienone is 4. The molecule has 1 aliphatic carbocycles. The van der Waals surface area contributed by atoms with Crippen molar-refractivity contribution < 1.29 is 4.43 Å². The third-order valence-electron chi connectivity index (χ3n) is 4.76. The summed E-state index contributed by atoms with van der Waals surface area (Å²) in [5, 5.41) is 0. The molecule has 1 nitrogen and oxygen atoms in total. The Balaban J connectivity index is 2.78. The summed E-state index contributed by atoms with van der Waals surface area (Å²) in [4.78, 5) is 0. The van der Waals surface area contributed by atoms with E-state index in [0.717, 1.165) is 5.92 Å². The SMILES string of the molecule is CCCC/C=C\CC1[C@@H](O[Si](C)(C)C)C[C@@H](C)[C@@H]1C=CC(C)C. The van der Waals surface area contributed by atoms with Gasteiger partial charge in [-0.3, -0.25) is 0 Å². The predicted octanol–water partition coefficient (Wildman–Crippen LogP) is 6.83. The summed E-state index contributed by atoms with van der Waals surface area (Å²) in [6.07, 6.45) is 16.4. The molecule has 0 aromatic heterocycles. The molecule has 0 amide bonds. The van der Waals surface area contributed by atoms with Gasteiger partial charge in [0.1, 0.15) is 0 Å². The van der Waals surface area contributed by atoms with Gasteiger partial charge in [0.15, 0.2) is 8.32 Å². The minimum atomic E-state index is -1.48. The van der Waals surface area contributed by atoms with Crippen LogP contribution in [0.5, 0.6) is 0 Å². The van der Waals surface area contributed by atoms with E-state index in [4.69, 9.17) is 4.43 Å². The van der Waals surface area contributed by atoms with Crippen LogP contribution in [0.3, 0.4) is 0 Å². The standard InChI is InChI=1S/C21H40OSi/c1-8-9-10-11-12-13-20-19(15-14-17(2)3)18(4)16-21(20)22-23(5,6)7/h11-12,14-15,17-21H,8-10,13,16H2,1-7H3/b12-11-,15-14?/t18-,19+,20?,21+/m1/s1. The summed E-state index contributed by atoms with van der Waals surface area (Å²) < 4.78 is 6.57. The van der Waals surface area contributed by atoms with Crippen molar-refractivity contribution in [1.29, 1.82) is 0 Å². The van der Waals surface area contributed by atoms with Crippen molar-refractivity contribution in [2.24, 2.45) is 23.7 Å². The normalized spacial score (nSPS) is 29.4. The summed E-state index contributed by atoms with van der Waals surface area (Å²) in [5.74, 6) is 2.71. The average Bonchev–Trinajstić information content (AvgIpc) is 2.69. The second-order valence-corrected chi connectivity index (χ2v) is 13.2. The van der Waals surface area contributed by atoms with Crippen LogP contribution in [0.15, 0.2) is 24.3 Å². The van der Waals surface area contributed by atoms with Crippen LogP contribution in [-0.2, 0) is 4.43 Å². The molecular weight excluding hydrogens is 296 g/mol. The molecule has 0 radical (unpaired) electrons. The molecule has 0 aromatic carbocycles. The monoisotopic (exact) mass is 336 g/mol. The molecule has 0 spiro atoms. The van der Waals surface area contributed by atoms with Gasteiger partial charge in [0.25, 0.3) is 0 Å². The Hall–Kier alpha value is -0.343. The Morgan fingerprint density at radius 2 is 1.87 bits per heavy atom. The summed E-state index contributed by atoms with van der Waals surface area (Å²) in [6, 6.07) is 0. The summed E-state index contributed by atoms with van der Waals surface area (Å²) in [5.41, 5.74) is 0. The van der Waals surface area contributed by atoms with Crippen LogP contribution in [0, 0.1) is 23.7 Å². The zero-order valence-electron chi connectivity index (χ0n) is 16.6. The lowest BCUT2D eigenvalue weighted by Crippen LogP contribution is -2.34. The van der Waals surface area contributed by atoms with Gasteiger partial charge in [0.05, 0.1) is 0 Å². The highest BCUT2D eigenvalue weighted by Crippen LogP contribution is 2.43. The van der Waals surface area contributed by atoms with Gasteiger partial charge in [-0.05, 0) is 62.6 Å². The van der Waals surface area contributed by atoms with Crippen LogP contribution in [0.4, 0.5) is 0 Å². The molecular formula is C21H40OSi. The molecule has 134 valence electrons. The van der Waals surface area contributed by atoms with Gasteiger partial charge < -0.3 is 4.43 Å². The number of unbranched alkanes of at least 4 members (excludes halogenated alkanes) is 2. The number of hydrogen-bond acceptors (Lipinski definition) is 1. The van der Waals surface area contributed by atoms with Crippen molar-refractivity contribution in [3.63, 3.8) is 0 Å². The van der Waals surface area contributed by atoms with Crippen LogP contribution in [-0.4, -0.2) is 14.4 Å². The molecule has 0 bridgehead atoms. The molecule has 0 saturated heterocycles. The summed E-state index contributed by atoms with van der Waals surface area (Å²) in [6.45, 7) is 16.2. The Labute approximate surface area is 146 Å². The zero-order chi connectivity index (χ0) is 17.5. The van der Waals surface area contributed by atoms with Gasteiger partial charge in [0.2, 0.25) is 0 Å². The van der Waals surface area contributed by atoms with Crippen molar-refractivity contribution in [3.8, 4) is 0 Å². The van der Waals surface area contributed by atoms with Crippen LogP contribution in [0.2, 0.25) is 19.6 Å². The van der Waals surface area contributed by atoms with Crippen LogP contribution < -0.4 is 0 Å². The predicted molar refractivity (Wildman–Crippen MR) is 106 cm³/mol. The highest BCUT2D eigenvalue weighted by atomic mass is 28.4. The number of hydrogen-bond donors (Lipinski definition) is 0. The Bertz CT molecular complexity index is 378. The topological polar surface area (TPSA) is 9.23 Å². The first-order valence-corrected chi connectivity index (χ1v) is 13.2. The van der Waals surface area contributed by atoms with E-state index in [2.05, 4.69) is 71.6 Å². The molecule has 1 rings (SSSR count). The first-order chi connectivity index (χ1) is 10.7. The van der Waals surface area contributed by atoms with E-state index >= 15 is 0 Å². The van der Waals surface area contributed by atoms with Gasteiger partial charge in [-0.1, -0.05) is 64.8 Å². The molecule has 0 aromatic rings. The van der Waals surface area contributed by atoms with Crippen molar-refractivity contribution in [3.05, 3.63) is 24.3 Å². The first-order valence-electron chi connectivity index (χ1n) is 9.75. The molecule has 1 unspecified atom stereocenters. The third-order valence-corrected chi connectivity index (χ3v) is 5.77. The maximum atomic E-state index is 6.57. The van der Waals surface area contributed by atoms with Crippen LogP contribution >= 0.6 is 0 Å². The molecule has 23 heavy (non-hydrogen) atoms. The van der Waals surface area contributed by atoms with Crippen molar-refractivity contribution in [1.82, 2.24) is 0 Å². The van der Waals surface area contributed by atoms with E-state index in [-0.39, 0.29) is 0 Å². The smallest absolute Gasteiger partial charge is 0.184 e. The van der Waals surface area contributed by atoms with Crippen molar-refractivity contribution in [2.75, 3.05) is 0 Å². The highest BCUT2D eigenvalue weighted by Gasteiger charge is 2.41. The van der Waals surface area contributed by atoms with E-state index < -0.39 is 8.32 Å². The van der Waals surface area contributed by atoms with Gasteiger partial charge in [-0.25, -0.2) is 0 Å². The van der Waals surface area contributed by atoms with Crippen molar-refractivity contribution >= 4 is 8.32 Å². The lowest BCUT2D eigenvalue weighted by atomic mass is 9.86. The quantitative estimate of drug-likeness (QED) is 0.255. The Kier molecular flexibility index (Phi) is 8.85. The van der Waals surface area contributed by atoms with E-state index in [1.165, 1.54) is 32.1 Å². The lowest BCUT2D eigenvalue weighted by Gasteiger charge is -2.29. The minimum Gasteiger partial charge on any atom is -0.414 e. The maximum absolute atomic E-state index is 6.57. The first kappa shape index (κ1) is 20.7. The van der Waals surface area contributed by atoms with Gasteiger partial charge in [0, 0.05) is 6.10 Å². The largest absolute Gasteiger partial charge is 0.414 e. The Morgan fingerprint density at radius 1 is 1.17 bits per heavy atom. The van der Waals surface area contributed by atoms with Crippen LogP contribution in [0.1, 0.15) is 59.8 Å². The summed E-state index contributed by atoms with van der Waals surface area (Å²) in [7, 11) is -1.48. The van der Waals surface area contributed by atoms with Crippen LogP contribution in [0.25, 0.3) is 0 Å². The molecule has 0 N–H and O–H groups in total. The van der Waals surface area contributed by atoms with Gasteiger partial charge in [-0.2, -0.15) is 0 Å². The fraction of sp³-hybridized carbons (Fsp3) is 0.810. The maximum Gasteiger partial charge on any atom is 0.184 e. The Morgan fingerprint density at radius 3 is 2.43 bits per heavy atom. The molecule has 1 fully saturated rings. The lowest BCUT2D eigenvalue weighted by molar-refractivity contribution is 0.143. The molecule has 4 atom stereocenters. The average molecular weight is 337 g/mol. The second kappa shape index (κ2) is 9.83. The number of rotatable bonds is 9. The van der Waals surface area contributed by atoms with E-state index in [0.29, 0.717) is 23.9 Å². The molecule has 0 aliphatic heterocycles. The zero-order valence-corrected chi connectivity index (χ0v) is 17.6. The molecule has 2 heteroatoms. The molecule has 0 heterocycles. The van der Waals surface area contributed by atoms with Crippen molar-refractivity contribution in [2.45, 2.75) is 85.5 Å². The van der Waals surface area contributed by atoms with E-state index in [1.54, 1.807) is 0 Å².